The van der Waals surface area contributed by atoms with Crippen molar-refractivity contribution in [3.63, 3.8) is 0 Å². The second-order valence-electron chi connectivity index (χ2n) is 6.65. The van der Waals surface area contributed by atoms with Gasteiger partial charge in [0, 0.05) is 5.41 Å². The fourth-order valence-corrected chi connectivity index (χ4v) is 3.21. The van der Waals surface area contributed by atoms with E-state index in [4.69, 9.17) is 5.84 Å². The molecule has 0 saturated heterocycles. The molecular weight excluding hydrogens is 324 g/mol. The molecule has 8 heteroatoms. The molecule has 0 aliphatic carbocycles. The highest BCUT2D eigenvalue weighted by molar-refractivity contribution is 7.99. The molecule has 0 radical (unpaired) electrons. The van der Waals surface area contributed by atoms with Crippen molar-refractivity contribution in [1.29, 1.82) is 0 Å². The fourth-order valence-electron chi connectivity index (χ4n) is 2.38. The van der Waals surface area contributed by atoms with Crippen LogP contribution in [0.15, 0.2) is 34.2 Å². The molecule has 0 fully saturated rings. The lowest BCUT2D eigenvalue weighted by atomic mass is 9.96. The van der Waals surface area contributed by atoms with Crippen molar-refractivity contribution in [2.24, 2.45) is 0 Å². The van der Waals surface area contributed by atoms with Crippen molar-refractivity contribution < 1.29 is 0 Å². The van der Waals surface area contributed by atoms with Crippen molar-refractivity contribution in [3.8, 4) is 0 Å². The average molecular weight is 344 g/mol. The van der Waals surface area contributed by atoms with Crippen LogP contribution in [0.5, 0.6) is 0 Å². The van der Waals surface area contributed by atoms with Gasteiger partial charge in [0.05, 0.1) is 16.2 Å². The number of hydrogen-bond donors (Lipinski definition) is 2. The third-order valence-corrected chi connectivity index (χ3v) is 4.70. The summed E-state index contributed by atoms with van der Waals surface area (Å²) >= 11 is 1.41. The van der Waals surface area contributed by atoms with Crippen LogP contribution in [-0.4, -0.2) is 24.8 Å². The van der Waals surface area contributed by atoms with Gasteiger partial charge in [-0.25, -0.2) is 9.66 Å². The average Bonchev–Trinajstić information content (AvgIpc) is 2.88. The van der Waals surface area contributed by atoms with Crippen molar-refractivity contribution in [2.45, 2.75) is 43.5 Å². The maximum absolute atomic E-state index is 12.2. The van der Waals surface area contributed by atoms with Crippen molar-refractivity contribution in [3.05, 3.63) is 46.3 Å². The minimum Gasteiger partial charge on any atom is -0.336 e. The van der Waals surface area contributed by atoms with Crippen LogP contribution >= 0.6 is 11.8 Å². The van der Waals surface area contributed by atoms with Gasteiger partial charge in [-0.1, -0.05) is 44.7 Å². The molecule has 3 N–H and O–H groups in total. The largest absolute Gasteiger partial charge is 0.336 e. The maximum atomic E-state index is 12.2. The highest BCUT2D eigenvalue weighted by Gasteiger charge is 2.24. The molecule has 24 heavy (non-hydrogen) atoms. The topological polar surface area (TPSA) is 102 Å². The molecule has 2 aromatic heterocycles. The van der Waals surface area contributed by atoms with Gasteiger partial charge in [0.25, 0.3) is 5.56 Å². The van der Waals surface area contributed by atoms with Crippen LogP contribution in [0.2, 0.25) is 0 Å². The molecule has 0 aliphatic heterocycles. The first kappa shape index (κ1) is 16.5. The summed E-state index contributed by atoms with van der Waals surface area (Å²) < 4.78 is 1.50. The number of nitrogens with two attached hydrogens (primary N) is 1. The predicted molar refractivity (Wildman–Crippen MR) is 95.5 cm³/mol. The molecule has 0 saturated carbocycles. The van der Waals surface area contributed by atoms with Crippen molar-refractivity contribution >= 4 is 22.7 Å². The second kappa shape index (κ2) is 5.94. The molecule has 3 rings (SSSR count). The Hall–Kier alpha value is -2.35. The van der Waals surface area contributed by atoms with Crippen LogP contribution in [0.3, 0.4) is 0 Å². The molecule has 0 spiro atoms. The number of nitrogens with zero attached hydrogens (tertiary/aromatic N) is 4. The van der Waals surface area contributed by atoms with E-state index in [1.54, 1.807) is 6.07 Å². The number of benzene rings is 1. The molecule has 1 aromatic carbocycles. The number of rotatable bonds is 3. The van der Waals surface area contributed by atoms with Gasteiger partial charge in [-0.05, 0) is 19.1 Å². The van der Waals surface area contributed by atoms with Crippen LogP contribution in [0, 0.1) is 0 Å². The summed E-state index contributed by atoms with van der Waals surface area (Å²) in [6.07, 6.45) is 0. The van der Waals surface area contributed by atoms with Gasteiger partial charge >= 0.3 is 0 Å². The van der Waals surface area contributed by atoms with Gasteiger partial charge in [-0.15, -0.1) is 10.2 Å². The monoisotopic (exact) mass is 344 g/mol. The summed E-state index contributed by atoms with van der Waals surface area (Å²) in [4.78, 5) is 19.6. The molecule has 1 unspecified atom stereocenters. The second-order valence-corrected chi connectivity index (χ2v) is 7.96. The van der Waals surface area contributed by atoms with E-state index in [0.29, 0.717) is 27.7 Å². The van der Waals surface area contributed by atoms with Crippen LogP contribution in [0.4, 0.5) is 0 Å². The summed E-state index contributed by atoms with van der Waals surface area (Å²) in [5.74, 6) is 7.41. The zero-order chi connectivity index (χ0) is 17.5. The number of para-hydroxylation sites is 1. The van der Waals surface area contributed by atoms with Crippen molar-refractivity contribution in [2.75, 3.05) is 5.84 Å². The Labute approximate surface area is 143 Å². The Bertz CT molecular complexity index is 940. The number of aromatic nitrogens is 5. The zero-order valence-electron chi connectivity index (χ0n) is 14.1. The number of thioether (sulfide) groups is 1. The number of fused-ring (bicyclic) bond motifs is 1. The molecule has 0 amide bonds. The number of H-pyrrole nitrogens is 1. The minimum atomic E-state index is -0.195. The van der Waals surface area contributed by atoms with E-state index in [2.05, 4.69) is 20.2 Å². The molecule has 1 atom stereocenters. The Balaban J connectivity index is 1.92. The third kappa shape index (κ3) is 3.01. The molecule has 2 heterocycles. The molecule has 0 bridgehead atoms. The van der Waals surface area contributed by atoms with Gasteiger partial charge in [0.2, 0.25) is 5.16 Å². The summed E-state index contributed by atoms with van der Waals surface area (Å²) in [5.41, 5.74) is 0.334. The van der Waals surface area contributed by atoms with Gasteiger partial charge in [0.15, 0.2) is 5.82 Å². The third-order valence-electron chi connectivity index (χ3n) is 3.63. The Morgan fingerprint density at radius 3 is 2.62 bits per heavy atom. The predicted octanol–water partition coefficient (Wildman–Crippen LogP) is 2.38. The van der Waals surface area contributed by atoms with Gasteiger partial charge in [-0.2, -0.15) is 0 Å². The number of hydrogen-bond acceptors (Lipinski definition) is 6. The standard InChI is InChI=1S/C16H20N6OS/c1-9(24-15-21-20-14(22(15)17)16(2,3)4)12-18-11-8-6-5-7-10(11)13(23)19-12/h5-9H,17H2,1-4H3,(H,18,19,23). The number of nitrogens with one attached hydrogen (secondary N) is 1. The van der Waals surface area contributed by atoms with E-state index in [1.807, 2.05) is 45.9 Å². The number of nitrogen functional groups attached to an aromatic ring is 1. The lowest BCUT2D eigenvalue weighted by Gasteiger charge is -2.17. The van der Waals surface area contributed by atoms with E-state index in [-0.39, 0.29) is 16.2 Å². The molecule has 7 nitrogen and oxygen atoms in total. The molecular formula is C16H20N6OS. The van der Waals surface area contributed by atoms with Crippen LogP contribution in [0.25, 0.3) is 10.9 Å². The van der Waals surface area contributed by atoms with E-state index in [9.17, 15) is 4.79 Å². The maximum Gasteiger partial charge on any atom is 0.258 e. The Morgan fingerprint density at radius 1 is 1.25 bits per heavy atom. The SMILES string of the molecule is CC(Sc1nnc(C(C)(C)C)n1N)c1nc2ccccc2c(=O)[nH]1. The van der Waals surface area contributed by atoms with Gasteiger partial charge < -0.3 is 10.8 Å². The normalized spacial score (nSPS) is 13.3. The summed E-state index contributed by atoms with van der Waals surface area (Å²) in [6.45, 7) is 8.03. The summed E-state index contributed by atoms with van der Waals surface area (Å²) in [5, 5.41) is 9.38. The molecule has 3 aromatic rings. The first-order chi connectivity index (χ1) is 11.3. The highest BCUT2D eigenvalue weighted by Crippen LogP contribution is 2.32. The fraction of sp³-hybridized carbons (Fsp3) is 0.375. The summed E-state index contributed by atoms with van der Waals surface area (Å²) in [7, 11) is 0. The highest BCUT2D eigenvalue weighted by atomic mass is 32.2. The zero-order valence-corrected chi connectivity index (χ0v) is 14.9. The molecule has 126 valence electrons. The van der Waals surface area contributed by atoms with E-state index >= 15 is 0 Å². The lowest BCUT2D eigenvalue weighted by Crippen LogP contribution is -2.24. The van der Waals surface area contributed by atoms with E-state index in [1.165, 1.54) is 16.4 Å². The first-order valence-corrected chi connectivity index (χ1v) is 8.52. The van der Waals surface area contributed by atoms with Crippen LogP contribution in [0.1, 0.15) is 44.6 Å². The first-order valence-electron chi connectivity index (χ1n) is 7.64. The van der Waals surface area contributed by atoms with Gasteiger partial charge in [0.1, 0.15) is 5.82 Å². The molecule has 0 aliphatic rings. The quantitative estimate of drug-likeness (QED) is 0.558. The summed E-state index contributed by atoms with van der Waals surface area (Å²) in [6, 6.07) is 7.27. The Morgan fingerprint density at radius 2 is 1.96 bits per heavy atom. The lowest BCUT2D eigenvalue weighted by molar-refractivity contribution is 0.523. The van der Waals surface area contributed by atoms with Crippen LogP contribution < -0.4 is 11.4 Å². The smallest absolute Gasteiger partial charge is 0.258 e. The Kier molecular flexibility index (Phi) is 4.08. The van der Waals surface area contributed by atoms with Crippen LogP contribution in [-0.2, 0) is 5.41 Å². The number of aromatic amines is 1. The van der Waals surface area contributed by atoms with Gasteiger partial charge in [-0.3, -0.25) is 4.79 Å². The van der Waals surface area contributed by atoms with E-state index in [0.717, 1.165) is 0 Å². The minimum absolute atomic E-state index is 0.123. The van der Waals surface area contributed by atoms with E-state index < -0.39 is 0 Å². The van der Waals surface area contributed by atoms with Crippen molar-refractivity contribution in [1.82, 2.24) is 24.8 Å².